The molecule has 0 bridgehead atoms. The minimum absolute atomic E-state index is 0.0425. The van der Waals surface area contributed by atoms with Gasteiger partial charge in [-0.2, -0.15) is 0 Å². The van der Waals surface area contributed by atoms with E-state index < -0.39 is 0 Å². The molecule has 1 fully saturated rings. The van der Waals surface area contributed by atoms with Gasteiger partial charge in [-0.15, -0.1) is 0 Å². The smallest absolute Gasteiger partial charge is 0.257 e. The molecule has 1 unspecified atom stereocenters. The summed E-state index contributed by atoms with van der Waals surface area (Å²) in [7, 11) is 0. The van der Waals surface area contributed by atoms with Gasteiger partial charge in [-0.25, -0.2) is 0 Å². The van der Waals surface area contributed by atoms with Crippen LogP contribution in [-0.2, 0) is 4.79 Å². The van der Waals surface area contributed by atoms with Crippen LogP contribution in [0, 0.1) is 11.8 Å². The predicted octanol–water partition coefficient (Wildman–Crippen LogP) is 1.81. The molecule has 0 heterocycles. The van der Waals surface area contributed by atoms with E-state index in [-0.39, 0.29) is 12.5 Å². The molecular weight excluding hydrogens is 228 g/mol. The highest BCUT2D eigenvalue weighted by atomic mass is 16.5. The van der Waals surface area contributed by atoms with Gasteiger partial charge in [0.25, 0.3) is 5.91 Å². The highest BCUT2D eigenvalue weighted by molar-refractivity contribution is 5.77. The molecule has 0 spiro atoms. The summed E-state index contributed by atoms with van der Waals surface area (Å²) in [5, 5.41) is 2.89. The molecule has 1 amide bonds. The second-order valence-corrected chi connectivity index (χ2v) is 4.98. The van der Waals surface area contributed by atoms with E-state index >= 15 is 0 Å². The zero-order valence-corrected chi connectivity index (χ0v) is 10.7. The Balaban J connectivity index is 1.67. The topological polar surface area (TPSA) is 64.3 Å². The van der Waals surface area contributed by atoms with Crippen LogP contribution in [-0.4, -0.2) is 19.1 Å². The molecule has 1 atom stereocenters. The van der Waals surface area contributed by atoms with E-state index in [4.69, 9.17) is 10.5 Å². The third kappa shape index (κ3) is 3.95. The first-order chi connectivity index (χ1) is 8.65. The maximum Gasteiger partial charge on any atom is 0.257 e. The Morgan fingerprint density at radius 1 is 1.56 bits per heavy atom. The molecule has 4 heteroatoms. The van der Waals surface area contributed by atoms with Crippen molar-refractivity contribution in [3.63, 3.8) is 0 Å². The average Bonchev–Trinajstić information content (AvgIpc) is 3.17. The Hall–Kier alpha value is -1.71. The number of hydrogen-bond acceptors (Lipinski definition) is 3. The molecule has 1 aliphatic rings. The van der Waals surface area contributed by atoms with Crippen molar-refractivity contribution < 1.29 is 9.53 Å². The van der Waals surface area contributed by atoms with E-state index in [0.717, 1.165) is 12.5 Å². The summed E-state index contributed by atoms with van der Waals surface area (Å²) < 4.78 is 5.36. The summed E-state index contributed by atoms with van der Waals surface area (Å²) in [5.74, 6) is 1.92. The Morgan fingerprint density at radius 3 is 3.00 bits per heavy atom. The van der Waals surface area contributed by atoms with Crippen molar-refractivity contribution in [1.82, 2.24) is 5.32 Å². The van der Waals surface area contributed by atoms with Crippen LogP contribution in [0.4, 0.5) is 5.69 Å². The normalized spacial score (nSPS) is 16.1. The standard InChI is InChI=1S/C14H20N2O2/c1-10(11-5-6-11)8-16-14(17)9-18-13-4-2-3-12(15)7-13/h2-4,7,10-11H,5-6,8-9,15H2,1H3,(H,16,17). The summed E-state index contributed by atoms with van der Waals surface area (Å²) in [6.07, 6.45) is 2.60. The zero-order chi connectivity index (χ0) is 13.0. The zero-order valence-electron chi connectivity index (χ0n) is 10.7. The monoisotopic (exact) mass is 248 g/mol. The van der Waals surface area contributed by atoms with Crippen LogP contribution >= 0.6 is 0 Å². The van der Waals surface area contributed by atoms with Crippen molar-refractivity contribution >= 4 is 11.6 Å². The fourth-order valence-corrected chi connectivity index (χ4v) is 1.91. The molecule has 1 aromatic carbocycles. The number of hydrogen-bond donors (Lipinski definition) is 2. The summed E-state index contributed by atoms with van der Waals surface area (Å²) >= 11 is 0. The molecule has 18 heavy (non-hydrogen) atoms. The number of nitrogens with two attached hydrogens (primary N) is 1. The van der Waals surface area contributed by atoms with Crippen LogP contribution < -0.4 is 15.8 Å². The molecule has 0 saturated heterocycles. The molecule has 1 aliphatic carbocycles. The molecule has 0 radical (unpaired) electrons. The van der Waals surface area contributed by atoms with E-state index in [9.17, 15) is 4.79 Å². The van der Waals surface area contributed by atoms with Gasteiger partial charge in [0.2, 0.25) is 0 Å². The Bertz CT molecular complexity index is 416. The quantitative estimate of drug-likeness (QED) is 0.755. The summed E-state index contributed by atoms with van der Waals surface area (Å²) in [6, 6.07) is 7.08. The van der Waals surface area contributed by atoms with Crippen LogP contribution in [0.1, 0.15) is 19.8 Å². The number of benzene rings is 1. The van der Waals surface area contributed by atoms with Crippen LogP contribution in [0.25, 0.3) is 0 Å². The van der Waals surface area contributed by atoms with E-state index in [0.29, 0.717) is 17.4 Å². The third-order valence-electron chi connectivity index (χ3n) is 3.28. The van der Waals surface area contributed by atoms with E-state index in [1.54, 1.807) is 24.3 Å². The van der Waals surface area contributed by atoms with E-state index in [1.165, 1.54) is 12.8 Å². The van der Waals surface area contributed by atoms with Gasteiger partial charge in [-0.05, 0) is 36.8 Å². The number of amides is 1. The Kier molecular flexibility index (Phi) is 4.07. The molecule has 0 aromatic heterocycles. The lowest BCUT2D eigenvalue weighted by Crippen LogP contribution is -2.32. The molecule has 0 aliphatic heterocycles. The van der Waals surface area contributed by atoms with Gasteiger partial charge in [0.1, 0.15) is 5.75 Å². The minimum atomic E-state index is -0.0788. The second kappa shape index (κ2) is 5.76. The molecular formula is C14H20N2O2. The number of ether oxygens (including phenoxy) is 1. The predicted molar refractivity (Wildman–Crippen MR) is 71.2 cm³/mol. The van der Waals surface area contributed by atoms with E-state index in [1.807, 2.05) is 0 Å². The molecule has 2 rings (SSSR count). The van der Waals surface area contributed by atoms with Gasteiger partial charge in [-0.3, -0.25) is 4.79 Å². The largest absolute Gasteiger partial charge is 0.484 e. The van der Waals surface area contributed by atoms with Crippen LogP contribution in [0.15, 0.2) is 24.3 Å². The maximum atomic E-state index is 11.6. The molecule has 1 aromatic rings. The number of carbonyl (C=O) groups is 1. The van der Waals surface area contributed by atoms with Crippen molar-refractivity contribution in [1.29, 1.82) is 0 Å². The third-order valence-corrected chi connectivity index (χ3v) is 3.28. The fourth-order valence-electron chi connectivity index (χ4n) is 1.91. The molecule has 4 nitrogen and oxygen atoms in total. The van der Waals surface area contributed by atoms with Crippen molar-refractivity contribution in [3.8, 4) is 5.75 Å². The lowest BCUT2D eigenvalue weighted by molar-refractivity contribution is -0.123. The molecule has 3 N–H and O–H groups in total. The summed E-state index contributed by atoms with van der Waals surface area (Å²) in [6.45, 7) is 2.96. The van der Waals surface area contributed by atoms with Gasteiger partial charge >= 0.3 is 0 Å². The number of carbonyl (C=O) groups excluding carboxylic acids is 1. The summed E-state index contributed by atoms with van der Waals surface area (Å²) in [4.78, 5) is 11.6. The van der Waals surface area contributed by atoms with Gasteiger partial charge in [0.05, 0.1) is 0 Å². The number of anilines is 1. The minimum Gasteiger partial charge on any atom is -0.484 e. The Morgan fingerprint density at radius 2 is 2.33 bits per heavy atom. The van der Waals surface area contributed by atoms with Crippen molar-refractivity contribution in [3.05, 3.63) is 24.3 Å². The number of nitrogens with one attached hydrogen (secondary N) is 1. The number of rotatable bonds is 6. The Labute approximate surface area is 108 Å². The molecule has 98 valence electrons. The maximum absolute atomic E-state index is 11.6. The lowest BCUT2D eigenvalue weighted by atomic mass is 10.1. The van der Waals surface area contributed by atoms with Gasteiger partial charge < -0.3 is 15.8 Å². The first-order valence-corrected chi connectivity index (χ1v) is 6.40. The first kappa shape index (κ1) is 12.7. The first-order valence-electron chi connectivity index (χ1n) is 6.40. The highest BCUT2D eigenvalue weighted by Crippen LogP contribution is 2.35. The second-order valence-electron chi connectivity index (χ2n) is 4.98. The van der Waals surface area contributed by atoms with Crippen LogP contribution in [0.5, 0.6) is 5.75 Å². The van der Waals surface area contributed by atoms with Gasteiger partial charge in [0.15, 0.2) is 6.61 Å². The van der Waals surface area contributed by atoms with Crippen molar-refractivity contribution in [2.24, 2.45) is 11.8 Å². The lowest BCUT2D eigenvalue weighted by Gasteiger charge is -2.12. The average molecular weight is 248 g/mol. The SMILES string of the molecule is CC(CNC(=O)COc1cccc(N)c1)C1CC1. The van der Waals surface area contributed by atoms with Gasteiger partial charge in [0, 0.05) is 18.3 Å². The van der Waals surface area contributed by atoms with Crippen LogP contribution in [0.3, 0.4) is 0 Å². The van der Waals surface area contributed by atoms with Gasteiger partial charge in [-0.1, -0.05) is 13.0 Å². The van der Waals surface area contributed by atoms with E-state index in [2.05, 4.69) is 12.2 Å². The van der Waals surface area contributed by atoms with Crippen molar-refractivity contribution in [2.45, 2.75) is 19.8 Å². The number of nitrogen functional groups attached to an aromatic ring is 1. The highest BCUT2D eigenvalue weighted by Gasteiger charge is 2.27. The fraction of sp³-hybridized carbons (Fsp3) is 0.500. The van der Waals surface area contributed by atoms with Crippen molar-refractivity contribution in [2.75, 3.05) is 18.9 Å². The van der Waals surface area contributed by atoms with Crippen LogP contribution in [0.2, 0.25) is 0 Å². The summed E-state index contributed by atoms with van der Waals surface area (Å²) in [5.41, 5.74) is 6.26. The molecule has 1 saturated carbocycles.